The second kappa shape index (κ2) is 4.30. The molecule has 0 heterocycles. The van der Waals surface area contributed by atoms with E-state index in [1.54, 1.807) is 11.1 Å². The summed E-state index contributed by atoms with van der Waals surface area (Å²) >= 11 is 0. The molecule has 0 heteroatoms. The Hall–Kier alpha value is -0.780. The summed E-state index contributed by atoms with van der Waals surface area (Å²) in [4.78, 5) is 0. The minimum atomic E-state index is 1.14. The van der Waals surface area contributed by atoms with Crippen molar-refractivity contribution in [2.45, 2.75) is 40.0 Å². The average molecular weight is 162 g/mol. The molecule has 0 atom stereocenters. The Labute approximate surface area is 75.7 Å². The van der Waals surface area contributed by atoms with Crippen LogP contribution in [0.2, 0.25) is 0 Å². The maximum atomic E-state index is 2.35. The molecule has 1 aliphatic carbocycles. The number of hydrogen-bond acceptors (Lipinski definition) is 0. The SMILES string of the molecule is CC=CCC1=C(C)C=C(CC)C1. The molecule has 0 aromatic heterocycles. The highest BCUT2D eigenvalue weighted by atomic mass is 14.1. The molecule has 0 saturated carbocycles. The highest BCUT2D eigenvalue weighted by molar-refractivity contribution is 5.38. The Morgan fingerprint density at radius 3 is 2.75 bits per heavy atom. The van der Waals surface area contributed by atoms with Crippen molar-refractivity contribution in [3.63, 3.8) is 0 Å². The van der Waals surface area contributed by atoms with Crippen molar-refractivity contribution in [3.05, 3.63) is 34.9 Å². The van der Waals surface area contributed by atoms with Crippen LogP contribution >= 0.6 is 0 Å². The lowest BCUT2D eigenvalue weighted by atomic mass is 10.1. The van der Waals surface area contributed by atoms with Crippen molar-refractivity contribution in [2.24, 2.45) is 0 Å². The first-order valence-electron chi connectivity index (χ1n) is 4.77. The predicted molar refractivity (Wildman–Crippen MR) is 55.1 cm³/mol. The quantitative estimate of drug-likeness (QED) is 0.550. The molecule has 1 rings (SSSR count). The minimum Gasteiger partial charge on any atom is -0.0913 e. The Morgan fingerprint density at radius 2 is 2.25 bits per heavy atom. The molecule has 0 unspecified atom stereocenters. The highest BCUT2D eigenvalue weighted by Gasteiger charge is 2.09. The van der Waals surface area contributed by atoms with E-state index in [1.165, 1.54) is 18.4 Å². The van der Waals surface area contributed by atoms with Crippen molar-refractivity contribution < 1.29 is 0 Å². The molecule has 0 radical (unpaired) electrons. The summed E-state index contributed by atoms with van der Waals surface area (Å²) in [7, 11) is 0. The van der Waals surface area contributed by atoms with Crippen molar-refractivity contribution >= 4 is 0 Å². The smallest absolute Gasteiger partial charge is 0.00965 e. The van der Waals surface area contributed by atoms with Gasteiger partial charge in [-0.25, -0.2) is 0 Å². The van der Waals surface area contributed by atoms with Crippen molar-refractivity contribution in [2.75, 3.05) is 0 Å². The summed E-state index contributed by atoms with van der Waals surface area (Å²) in [6, 6.07) is 0. The van der Waals surface area contributed by atoms with Crippen LogP contribution in [0.3, 0.4) is 0 Å². The second-order valence-corrected chi connectivity index (χ2v) is 3.39. The zero-order chi connectivity index (χ0) is 8.97. The van der Waals surface area contributed by atoms with Gasteiger partial charge >= 0.3 is 0 Å². The van der Waals surface area contributed by atoms with Crippen LogP contribution in [0.25, 0.3) is 0 Å². The predicted octanol–water partition coefficient (Wildman–Crippen LogP) is 4.01. The first-order valence-corrected chi connectivity index (χ1v) is 4.77. The fourth-order valence-corrected chi connectivity index (χ4v) is 1.59. The molecule has 0 amide bonds. The molecule has 12 heavy (non-hydrogen) atoms. The van der Waals surface area contributed by atoms with Crippen molar-refractivity contribution in [1.82, 2.24) is 0 Å². The Morgan fingerprint density at radius 1 is 1.50 bits per heavy atom. The van der Waals surface area contributed by atoms with Crippen LogP contribution in [-0.4, -0.2) is 0 Å². The lowest BCUT2D eigenvalue weighted by Crippen LogP contribution is -1.80. The molecule has 0 aliphatic heterocycles. The topological polar surface area (TPSA) is 0 Å². The largest absolute Gasteiger partial charge is 0.0913 e. The van der Waals surface area contributed by atoms with E-state index in [1.807, 2.05) is 0 Å². The van der Waals surface area contributed by atoms with Gasteiger partial charge in [-0.05, 0) is 33.1 Å². The second-order valence-electron chi connectivity index (χ2n) is 3.39. The van der Waals surface area contributed by atoms with Crippen LogP contribution < -0.4 is 0 Å². The first-order chi connectivity index (χ1) is 5.77. The van der Waals surface area contributed by atoms with Crippen LogP contribution in [-0.2, 0) is 0 Å². The van der Waals surface area contributed by atoms with Crippen LogP contribution in [0, 0.1) is 0 Å². The van der Waals surface area contributed by atoms with E-state index in [9.17, 15) is 0 Å². The van der Waals surface area contributed by atoms with E-state index < -0.39 is 0 Å². The summed E-state index contributed by atoms with van der Waals surface area (Å²) in [5.74, 6) is 0. The lowest BCUT2D eigenvalue weighted by Gasteiger charge is -2.00. The van der Waals surface area contributed by atoms with Crippen molar-refractivity contribution in [1.29, 1.82) is 0 Å². The molecular weight excluding hydrogens is 144 g/mol. The number of hydrogen-bond donors (Lipinski definition) is 0. The van der Waals surface area contributed by atoms with Crippen molar-refractivity contribution in [3.8, 4) is 0 Å². The summed E-state index contributed by atoms with van der Waals surface area (Å²) in [6.07, 6.45) is 10.3. The molecule has 0 N–H and O–H groups in total. The molecule has 0 saturated heterocycles. The average Bonchev–Trinajstić information content (AvgIpc) is 2.43. The molecular formula is C12H18. The van der Waals surface area contributed by atoms with Gasteiger partial charge in [-0.3, -0.25) is 0 Å². The summed E-state index contributed by atoms with van der Waals surface area (Å²) < 4.78 is 0. The maximum absolute atomic E-state index is 2.35. The summed E-state index contributed by atoms with van der Waals surface area (Å²) in [6.45, 7) is 6.54. The summed E-state index contributed by atoms with van der Waals surface area (Å²) in [5, 5.41) is 0. The van der Waals surface area contributed by atoms with Crippen LogP contribution in [0.5, 0.6) is 0 Å². The van der Waals surface area contributed by atoms with E-state index in [2.05, 4.69) is 39.0 Å². The minimum absolute atomic E-state index is 1.14. The Bertz CT molecular complexity index is 239. The fraction of sp³-hybridized carbons (Fsp3) is 0.500. The van der Waals surface area contributed by atoms with Crippen LogP contribution in [0.1, 0.15) is 40.0 Å². The number of allylic oxidation sites excluding steroid dienone is 6. The van der Waals surface area contributed by atoms with Crippen LogP contribution in [0.15, 0.2) is 34.9 Å². The third-order valence-electron chi connectivity index (χ3n) is 2.47. The van der Waals surface area contributed by atoms with E-state index in [4.69, 9.17) is 0 Å². The molecule has 0 fully saturated rings. The van der Waals surface area contributed by atoms with E-state index in [0.717, 1.165) is 6.42 Å². The van der Waals surface area contributed by atoms with Gasteiger partial charge in [0.05, 0.1) is 0 Å². The molecule has 1 aliphatic rings. The first kappa shape index (κ1) is 9.31. The van der Waals surface area contributed by atoms with Gasteiger partial charge in [0.25, 0.3) is 0 Å². The normalized spacial score (nSPS) is 17.8. The zero-order valence-corrected chi connectivity index (χ0v) is 8.35. The molecule has 0 aromatic rings. The van der Waals surface area contributed by atoms with E-state index >= 15 is 0 Å². The van der Waals surface area contributed by atoms with Gasteiger partial charge in [0.1, 0.15) is 0 Å². The van der Waals surface area contributed by atoms with E-state index in [0.29, 0.717) is 0 Å². The Kier molecular flexibility index (Phi) is 3.33. The Balaban J connectivity index is 2.55. The van der Waals surface area contributed by atoms with E-state index in [-0.39, 0.29) is 0 Å². The standard InChI is InChI=1S/C12H18/c1-4-6-7-12-9-11(5-2)8-10(12)3/h4,6,8H,5,7,9H2,1-3H3. The van der Waals surface area contributed by atoms with Gasteiger partial charge in [0.2, 0.25) is 0 Å². The van der Waals surface area contributed by atoms with Gasteiger partial charge in [0, 0.05) is 0 Å². The molecule has 0 nitrogen and oxygen atoms in total. The van der Waals surface area contributed by atoms with Gasteiger partial charge in [-0.1, -0.05) is 41.9 Å². The fourth-order valence-electron chi connectivity index (χ4n) is 1.59. The van der Waals surface area contributed by atoms with Gasteiger partial charge in [0.15, 0.2) is 0 Å². The molecule has 0 aromatic carbocycles. The summed E-state index contributed by atoms with van der Waals surface area (Å²) in [5.41, 5.74) is 4.68. The monoisotopic (exact) mass is 162 g/mol. The zero-order valence-electron chi connectivity index (χ0n) is 8.35. The third-order valence-corrected chi connectivity index (χ3v) is 2.47. The van der Waals surface area contributed by atoms with Gasteiger partial charge < -0.3 is 0 Å². The van der Waals surface area contributed by atoms with Crippen LogP contribution in [0.4, 0.5) is 0 Å². The molecule has 0 spiro atoms. The molecule has 66 valence electrons. The lowest BCUT2D eigenvalue weighted by molar-refractivity contribution is 0.985. The molecule has 0 bridgehead atoms. The highest BCUT2D eigenvalue weighted by Crippen LogP contribution is 2.29. The maximum Gasteiger partial charge on any atom is -0.00965 e. The van der Waals surface area contributed by atoms with Gasteiger partial charge in [-0.15, -0.1) is 0 Å². The number of rotatable bonds is 3. The van der Waals surface area contributed by atoms with Gasteiger partial charge in [-0.2, -0.15) is 0 Å². The third kappa shape index (κ3) is 2.10.